The van der Waals surface area contributed by atoms with Crippen molar-refractivity contribution in [3.63, 3.8) is 0 Å². The van der Waals surface area contributed by atoms with Gasteiger partial charge in [-0.15, -0.1) is 0 Å². The van der Waals surface area contributed by atoms with Gasteiger partial charge in [0.15, 0.2) is 0 Å². The molecule has 0 aliphatic carbocycles. The van der Waals surface area contributed by atoms with Gasteiger partial charge in [0.05, 0.1) is 28.0 Å². The molecule has 1 unspecified atom stereocenters. The van der Waals surface area contributed by atoms with E-state index < -0.39 is 0 Å². The first-order valence-electron chi connectivity index (χ1n) is 8.59. The standard InChI is InChI=1S/C19H19ClN4O2/c20-15-5-1-4-14-17(15)23-16(12-6-8-21-9-7-12)18(14)24-19(25)22-11-13-3-2-10-26-13/h1,4-9,13,23H,2-3,10-11H2,(H2,22,24,25). The molecule has 1 saturated heterocycles. The van der Waals surface area contributed by atoms with Crippen LogP contribution in [0.1, 0.15) is 12.8 Å². The molecule has 0 radical (unpaired) electrons. The number of ether oxygens (including phenoxy) is 1. The number of rotatable bonds is 4. The number of fused-ring (bicyclic) bond motifs is 1. The van der Waals surface area contributed by atoms with Crippen molar-refractivity contribution in [3.8, 4) is 11.3 Å². The van der Waals surface area contributed by atoms with Crippen LogP contribution in [0.15, 0.2) is 42.7 Å². The Labute approximate surface area is 155 Å². The van der Waals surface area contributed by atoms with Gasteiger partial charge in [0.25, 0.3) is 0 Å². The third-order valence-electron chi connectivity index (χ3n) is 4.50. The molecule has 0 spiro atoms. The van der Waals surface area contributed by atoms with Crippen molar-refractivity contribution >= 4 is 34.2 Å². The highest BCUT2D eigenvalue weighted by Gasteiger charge is 2.19. The van der Waals surface area contributed by atoms with Gasteiger partial charge in [-0.3, -0.25) is 4.98 Å². The lowest BCUT2D eigenvalue weighted by molar-refractivity contribution is 0.112. The summed E-state index contributed by atoms with van der Waals surface area (Å²) >= 11 is 6.33. The second-order valence-corrected chi connectivity index (χ2v) is 6.65. The number of nitrogens with one attached hydrogen (secondary N) is 3. The minimum Gasteiger partial charge on any atom is -0.376 e. The van der Waals surface area contributed by atoms with E-state index in [2.05, 4.69) is 20.6 Å². The lowest BCUT2D eigenvalue weighted by Crippen LogP contribution is -2.35. The van der Waals surface area contributed by atoms with Crippen LogP contribution in [-0.4, -0.2) is 35.3 Å². The summed E-state index contributed by atoms with van der Waals surface area (Å²) < 4.78 is 5.54. The fraction of sp³-hybridized carbons (Fsp3) is 0.263. The maximum atomic E-state index is 12.4. The van der Waals surface area contributed by atoms with Crippen LogP contribution in [0.3, 0.4) is 0 Å². The van der Waals surface area contributed by atoms with Gasteiger partial charge < -0.3 is 20.4 Å². The molecule has 134 valence electrons. The summed E-state index contributed by atoms with van der Waals surface area (Å²) in [5, 5.41) is 7.31. The molecule has 3 N–H and O–H groups in total. The molecule has 4 rings (SSSR count). The number of halogens is 1. The molecule has 1 aromatic carbocycles. The van der Waals surface area contributed by atoms with Crippen LogP contribution in [0.25, 0.3) is 22.2 Å². The van der Waals surface area contributed by atoms with Crippen molar-refractivity contribution in [2.24, 2.45) is 0 Å². The van der Waals surface area contributed by atoms with Crippen LogP contribution < -0.4 is 10.6 Å². The van der Waals surface area contributed by atoms with Crippen LogP contribution in [0, 0.1) is 0 Å². The number of hydrogen-bond donors (Lipinski definition) is 3. The normalized spacial score (nSPS) is 16.7. The summed E-state index contributed by atoms with van der Waals surface area (Å²) in [5.74, 6) is 0. The van der Waals surface area contributed by atoms with Gasteiger partial charge in [-0.25, -0.2) is 4.79 Å². The van der Waals surface area contributed by atoms with E-state index in [-0.39, 0.29) is 12.1 Å². The number of aromatic amines is 1. The number of carbonyl (C=O) groups is 1. The van der Waals surface area contributed by atoms with Crippen LogP contribution in [0.2, 0.25) is 5.02 Å². The quantitative estimate of drug-likeness (QED) is 0.644. The Kier molecular flexibility index (Phi) is 4.77. The maximum Gasteiger partial charge on any atom is 0.319 e. The first-order valence-corrected chi connectivity index (χ1v) is 8.97. The Balaban J connectivity index is 1.64. The number of nitrogens with zero attached hydrogens (tertiary/aromatic N) is 1. The van der Waals surface area contributed by atoms with Crippen molar-refractivity contribution in [3.05, 3.63) is 47.7 Å². The Morgan fingerprint density at radius 2 is 2.15 bits per heavy atom. The molecular formula is C19H19ClN4O2. The number of anilines is 1. The molecule has 6 nitrogen and oxygen atoms in total. The predicted octanol–water partition coefficient (Wildman–Crippen LogP) is 4.18. The maximum absolute atomic E-state index is 12.4. The molecule has 7 heteroatoms. The van der Waals surface area contributed by atoms with Crippen LogP contribution in [0.5, 0.6) is 0 Å². The van der Waals surface area contributed by atoms with Gasteiger partial charge in [0.1, 0.15) is 0 Å². The zero-order valence-electron chi connectivity index (χ0n) is 14.1. The fourth-order valence-electron chi connectivity index (χ4n) is 3.22. The topological polar surface area (TPSA) is 79.0 Å². The van der Waals surface area contributed by atoms with Crippen LogP contribution in [0.4, 0.5) is 10.5 Å². The molecule has 0 saturated carbocycles. The van der Waals surface area contributed by atoms with E-state index in [9.17, 15) is 4.79 Å². The van der Waals surface area contributed by atoms with Crippen LogP contribution in [-0.2, 0) is 4.74 Å². The molecule has 3 aromatic rings. The van der Waals surface area contributed by atoms with E-state index >= 15 is 0 Å². The third-order valence-corrected chi connectivity index (χ3v) is 4.82. The summed E-state index contributed by atoms with van der Waals surface area (Å²) in [6.45, 7) is 1.26. The van der Waals surface area contributed by atoms with Crippen molar-refractivity contribution < 1.29 is 9.53 Å². The smallest absolute Gasteiger partial charge is 0.319 e. The summed E-state index contributed by atoms with van der Waals surface area (Å²) in [7, 11) is 0. The lowest BCUT2D eigenvalue weighted by atomic mass is 10.1. The number of hydrogen-bond acceptors (Lipinski definition) is 3. The molecular weight excluding hydrogens is 352 g/mol. The Morgan fingerprint density at radius 1 is 1.31 bits per heavy atom. The predicted molar refractivity (Wildman–Crippen MR) is 103 cm³/mol. The number of amides is 2. The number of H-pyrrole nitrogens is 1. The first kappa shape index (κ1) is 16.9. The molecule has 2 aromatic heterocycles. The van der Waals surface area contributed by atoms with Gasteiger partial charge in [0.2, 0.25) is 0 Å². The summed E-state index contributed by atoms with van der Waals surface area (Å²) in [4.78, 5) is 19.8. The largest absolute Gasteiger partial charge is 0.376 e. The minimum absolute atomic E-state index is 0.0952. The number of carbonyl (C=O) groups excluding carboxylic acids is 1. The number of benzene rings is 1. The molecule has 3 heterocycles. The molecule has 26 heavy (non-hydrogen) atoms. The van der Waals surface area contributed by atoms with Crippen LogP contribution >= 0.6 is 11.6 Å². The second kappa shape index (κ2) is 7.35. The molecule has 1 atom stereocenters. The number of para-hydroxylation sites is 1. The van der Waals surface area contributed by atoms with E-state index in [1.54, 1.807) is 12.4 Å². The van der Waals surface area contributed by atoms with E-state index in [4.69, 9.17) is 16.3 Å². The van der Waals surface area contributed by atoms with E-state index in [1.807, 2.05) is 30.3 Å². The van der Waals surface area contributed by atoms with E-state index in [0.717, 1.165) is 41.6 Å². The Morgan fingerprint density at radius 3 is 2.92 bits per heavy atom. The average Bonchev–Trinajstić information content (AvgIpc) is 3.30. The molecule has 0 bridgehead atoms. The minimum atomic E-state index is -0.267. The van der Waals surface area contributed by atoms with Gasteiger partial charge in [0, 0.05) is 36.5 Å². The molecule has 1 fully saturated rings. The van der Waals surface area contributed by atoms with Crippen molar-refractivity contribution in [2.75, 3.05) is 18.5 Å². The summed E-state index contributed by atoms with van der Waals surface area (Å²) in [5.41, 5.74) is 3.19. The third kappa shape index (κ3) is 3.38. The van der Waals surface area contributed by atoms with Gasteiger partial charge in [-0.05, 0) is 31.0 Å². The fourth-order valence-corrected chi connectivity index (χ4v) is 3.44. The molecule has 1 aliphatic rings. The molecule has 2 amide bonds. The average molecular weight is 371 g/mol. The number of aromatic nitrogens is 2. The highest BCUT2D eigenvalue weighted by Crippen LogP contribution is 2.37. The lowest BCUT2D eigenvalue weighted by Gasteiger charge is -2.12. The summed E-state index contributed by atoms with van der Waals surface area (Å²) in [6.07, 6.45) is 5.54. The van der Waals surface area contributed by atoms with Crippen molar-refractivity contribution in [1.29, 1.82) is 0 Å². The van der Waals surface area contributed by atoms with E-state index in [1.165, 1.54) is 0 Å². The number of pyridine rings is 1. The van der Waals surface area contributed by atoms with Crippen molar-refractivity contribution in [1.82, 2.24) is 15.3 Å². The highest BCUT2D eigenvalue weighted by molar-refractivity contribution is 6.36. The van der Waals surface area contributed by atoms with Gasteiger partial charge in [-0.1, -0.05) is 23.7 Å². The Bertz CT molecular complexity index is 920. The van der Waals surface area contributed by atoms with Gasteiger partial charge >= 0.3 is 6.03 Å². The van der Waals surface area contributed by atoms with E-state index in [0.29, 0.717) is 17.3 Å². The Hall–Kier alpha value is -2.57. The monoisotopic (exact) mass is 370 g/mol. The molecule has 1 aliphatic heterocycles. The SMILES string of the molecule is O=C(NCC1CCCO1)Nc1c(-c2ccncc2)[nH]c2c(Cl)cccc12. The van der Waals surface area contributed by atoms with Crippen molar-refractivity contribution in [2.45, 2.75) is 18.9 Å². The zero-order valence-corrected chi connectivity index (χ0v) is 14.8. The highest BCUT2D eigenvalue weighted by atomic mass is 35.5. The second-order valence-electron chi connectivity index (χ2n) is 6.24. The number of urea groups is 1. The zero-order chi connectivity index (χ0) is 17.9. The summed E-state index contributed by atoms with van der Waals surface area (Å²) in [6, 6.07) is 9.11. The first-order chi connectivity index (χ1) is 12.7. The van der Waals surface area contributed by atoms with Gasteiger partial charge in [-0.2, -0.15) is 0 Å².